The molecule has 1 aromatic heterocycles. The first kappa shape index (κ1) is 17.5. The van der Waals surface area contributed by atoms with Gasteiger partial charge in [-0.15, -0.1) is 0 Å². The number of nitrogens with zero attached hydrogens (tertiary/aromatic N) is 2. The highest BCUT2D eigenvalue weighted by Gasteiger charge is 2.50. The Morgan fingerprint density at radius 2 is 2.16 bits per heavy atom. The van der Waals surface area contributed by atoms with Crippen molar-refractivity contribution in [2.75, 3.05) is 5.32 Å². The number of nitrogens with one attached hydrogen (secondary N) is 1. The number of anilines is 1. The molecule has 1 heterocycles. The van der Waals surface area contributed by atoms with Crippen molar-refractivity contribution in [2.24, 2.45) is 5.41 Å². The zero-order chi connectivity index (χ0) is 18.0. The number of carbonyl (C=O) groups excluding carboxylic acids is 2. The van der Waals surface area contributed by atoms with Crippen LogP contribution in [-0.2, 0) is 16.1 Å². The number of aromatic nitrogens is 2. The number of halogens is 1. The van der Waals surface area contributed by atoms with Gasteiger partial charge in [0.25, 0.3) is 0 Å². The lowest BCUT2D eigenvalue weighted by molar-refractivity contribution is -0.121. The smallest absolute Gasteiger partial charge is 0.339 e. The normalized spacial score (nSPS) is 15.0. The molecule has 1 aromatic carbocycles. The van der Waals surface area contributed by atoms with Gasteiger partial charge in [-0.2, -0.15) is 0 Å². The minimum atomic E-state index is -0.504. The quantitative estimate of drug-likeness (QED) is 0.799. The van der Waals surface area contributed by atoms with Crippen molar-refractivity contribution in [3.05, 3.63) is 47.5 Å². The van der Waals surface area contributed by atoms with Gasteiger partial charge in [0.2, 0.25) is 5.91 Å². The number of amides is 1. The first-order valence-corrected chi connectivity index (χ1v) is 8.55. The van der Waals surface area contributed by atoms with Gasteiger partial charge in [0.1, 0.15) is 0 Å². The van der Waals surface area contributed by atoms with Crippen molar-refractivity contribution in [3.8, 4) is 0 Å². The maximum atomic E-state index is 12.7. The Morgan fingerprint density at radius 1 is 1.40 bits per heavy atom. The van der Waals surface area contributed by atoms with E-state index in [2.05, 4.69) is 10.3 Å². The number of carbonyl (C=O) groups is 2. The van der Waals surface area contributed by atoms with Crippen LogP contribution in [0.25, 0.3) is 0 Å². The SMILES string of the molecule is CC(C)OC(=O)c1cc(NC(=O)C2(Cn3ccnc3)CC2)ccc1Cl. The molecule has 1 aliphatic rings. The highest BCUT2D eigenvalue weighted by molar-refractivity contribution is 6.33. The second kappa shape index (κ2) is 6.88. The van der Waals surface area contributed by atoms with Gasteiger partial charge < -0.3 is 14.6 Å². The van der Waals surface area contributed by atoms with E-state index < -0.39 is 11.4 Å². The summed E-state index contributed by atoms with van der Waals surface area (Å²) in [6.07, 6.45) is 6.65. The summed E-state index contributed by atoms with van der Waals surface area (Å²) in [7, 11) is 0. The Bertz CT molecular complexity index is 783. The molecule has 1 N–H and O–H groups in total. The first-order chi connectivity index (χ1) is 11.9. The van der Waals surface area contributed by atoms with E-state index in [1.165, 1.54) is 0 Å². The lowest BCUT2D eigenvalue weighted by Gasteiger charge is -2.16. The van der Waals surface area contributed by atoms with E-state index >= 15 is 0 Å². The van der Waals surface area contributed by atoms with Crippen molar-refractivity contribution >= 4 is 29.2 Å². The summed E-state index contributed by atoms with van der Waals surface area (Å²) in [6, 6.07) is 4.82. The number of benzene rings is 1. The molecule has 3 rings (SSSR count). The summed E-state index contributed by atoms with van der Waals surface area (Å²) in [5.74, 6) is -0.567. The minimum Gasteiger partial charge on any atom is -0.459 e. The number of ether oxygens (including phenoxy) is 1. The van der Waals surface area contributed by atoms with E-state index in [-0.39, 0.29) is 17.6 Å². The van der Waals surface area contributed by atoms with Gasteiger partial charge in [0.15, 0.2) is 0 Å². The fourth-order valence-electron chi connectivity index (χ4n) is 2.64. The summed E-state index contributed by atoms with van der Waals surface area (Å²) in [5.41, 5.74) is 0.355. The van der Waals surface area contributed by atoms with Crippen LogP contribution in [0.5, 0.6) is 0 Å². The molecule has 0 spiro atoms. The monoisotopic (exact) mass is 361 g/mol. The molecule has 7 heteroatoms. The van der Waals surface area contributed by atoms with Crippen molar-refractivity contribution in [1.29, 1.82) is 0 Å². The largest absolute Gasteiger partial charge is 0.459 e. The van der Waals surface area contributed by atoms with Gasteiger partial charge in [-0.1, -0.05) is 11.6 Å². The van der Waals surface area contributed by atoms with Crippen molar-refractivity contribution < 1.29 is 14.3 Å². The second-order valence-corrected chi connectivity index (χ2v) is 7.03. The Labute approximate surface area is 151 Å². The van der Waals surface area contributed by atoms with Gasteiger partial charge in [-0.05, 0) is 44.9 Å². The van der Waals surface area contributed by atoms with Crippen LogP contribution in [0.4, 0.5) is 5.69 Å². The lowest BCUT2D eigenvalue weighted by Crippen LogP contribution is -2.28. The second-order valence-electron chi connectivity index (χ2n) is 6.62. The third-order valence-corrected chi connectivity index (χ3v) is 4.50. The standard InChI is InChI=1S/C18H20ClN3O3/c1-12(2)25-16(23)14-9-13(3-4-15(14)19)21-17(24)18(5-6-18)10-22-8-7-20-11-22/h3-4,7-9,11-12H,5-6,10H2,1-2H3,(H,21,24). The average molecular weight is 362 g/mol. The summed E-state index contributed by atoms with van der Waals surface area (Å²) in [4.78, 5) is 28.8. The Morgan fingerprint density at radius 3 is 2.76 bits per heavy atom. The van der Waals surface area contributed by atoms with Gasteiger partial charge in [-0.3, -0.25) is 4.79 Å². The number of rotatable bonds is 6. The Hall–Kier alpha value is -2.34. The molecule has 0 radical (unpaired) electrons. The number of hydrogen-bond donors (Lipinski definition) is 1. The highest BCUT2D eigenvalue weighted by atomic mass is 35.5. The van der Waals surface area contributed by atoms with Crippen LogP contribution in [0.1, 0.15) is 37.0 Å². The summed E-state index contributed by atoms with van der Waals surface area (Å²) in [5, 5.41) is 3.19. The van der Waals surface area contributed by atoms with Gasteiger partial charge in [0, 0.05) is 24.6 Å². The van der Waals surface area contributed by atoms with Gasteiger partial charge >= 0.3 is 5.97 Å². The van der Waals surface area contributed by atoms with Crippen LogP contribution in [0.15, 0.2) is 36.9 Å². The average Bonchev–Trinajstić information content (AvgIpc) is 3.15. The molecule has 0 saturated heterocycles. The molecule has 1 saturated carbocycles. The highest BCUT2D eigenvalue weighted by Crippen LogP contribution is 2.48. The molecule has 0 aliphatic heterocycles. The lowest BCUT2D eigenvalue weighted by atomic mass is 10.1. The van der Waals surface area contributed by atoms with Gasteiger partial charge in [-0.25, -0.2) is 9.78 Å². The van der Waals surface area contributed by atoms with E-state index in [0.717, 1.165) is 12.8 Å². The zero-order valence-corrected chi connectivity index (χ0v) is 14.9. The molecule has 132 valence electrons. The number of esters is 1. The fraction of sp³-hybridized carbons (Fsp3) is 0.389. The molecule has 1 amide bonds. The third-order valence-electron chi connectivity index (χ3n) is 4.17. The molecule has 1 fully saturated rings. The van der Waals surface area contributed by atoms with Crippen LogP contribution in [0.3, 0.4) is 0 Å². The molecular formula is C18H20ClN3O3. The minimum absolute atomic E-state index is 0.0632. The summed E-state index contributed by atoms with van der Waals surface area (Å²) >= 11 is 6.08. The van der Waals surface area contributed by atoms with Crippen LogP contribution < -0.4 is 5.32 Å². The number of imidazole rings is 1. The maximum Gasteiger partial charge on any atom is 0.339 e. The van der Waals surface area contributed by atoms with Crippen LogP contribution in [0.2, 0.25) is 5.02 Å². The topological polar surface area (TPSA) is 73.2 Å². The predicted octanol–water partition coefficient (Wildman–Crippen LogP) is 3.52. The van der Waals surface area contributed by atoms with E-state index in [9.17, 15) is 9.59 Å². The molecule has 25 heavy (non-hydrogen) atoms. The van der Waals surface area contributed by atoms with Crippen LogP contribution in [0, 0.1) is 5.41 Å². The van der Waals surface area contributed by atoms with Crippen molar-refractivity contribution in [3.63, 3.8) is 0 Å². The van der Waals surface area contributed by atoms with E-state index in [4.69, 9.17) is 16.3 Å². The molecule has 6 nitrogen and oxygen atoms in total. The molecule has 2 aromatic rings. The van der Waals surface area contributed by atoms with Gasteiger partial charge in [0.05, 0.1) is 28.4 Å². The summed E-state index contributed by atoms with van der Waals surface area (Å²) < 4.78 is 7.08. The molecule has 0 unspecified atom stereocenters. The fourth-order valence-corrected chi connectivity index (χ4v) is 2.83. The van der Waals surface area contributed by atoms with E-state index in [0.29, 0.717) is 17.3 Å². The predicted molar refractivity (Wildman–Crippen MR) is 94.5 cm³/mol. The molecule has 0 bridgehead atoms. The van der Waals surface area contributed by atoms with E-state index in [1.807, 2.05) is 10.8 Å². The first-order valence-electron chi connectivity index (χ1n) is 8.17. The molecule has 0 atom stereocenters. The summed E-state index contributed by atoms with van der Waals surface area (Å²) in [6.45, 7) is 4.13. The van der Waals surface area contributed by atoms with Crippen LogP contribution in [-0.4, -0.2) is 27.5 Å². The molecular weight excluding hydrogens is 342 g/mol. The van der Waals surface area contributed by atoms with Crippen molar-refractivity contribution in [2.45, 2.75) is 39.3 Å². The number of hydrogen-bond acceptors (Lipinski definition) is 4. The Kier molecular flexibility index (Phi) is 4.81. The maximum absolute atomic E-state index is 12.7. The Balaban J connectivity index is 1.72. The van der Waals surface area contributed by atoms with E-state index in [1.54, 1.807) is 44.6 Å². The van der Waals surface area contributed by atoms with Crippen molar-refractivity contribution in [1.82, 2.24) is 9.55 Å². The third kappa shape index (κ3) is 4.02. The molecule has 1 aliphatic carbocycles. The zero-order valence-electron chi connectivity index (χ0n) is 14.2. The van der Waals surface area contributed by atoms with Crippen LogP contribution >= 0.6 is 11.6 Å².